The molecule has 0 aliphatic carbocycles. The number of Topliss-reactive ketones (excluding diaryl/α,β-unsaturated/α-hetero) is 2. The van der Waals surface area contributed by atoms with E-state index >= 15 is 0 Å². The van der Waals surface area contributed by atoms with Gasteiger partial charge in [0, 0.05) is 66.5 Å². The fourth-order valence-electron chi connectivity index (χ4n) is 5.01. The van der Waals surface area contributed by atoms with Crippen LogP contribution in [0.4, 0.5) is 17.1 Å². The second-order valence-corrected chi connectivity index (χ2v) is 10.5. The lowest BCUT2D eigenvalue weighted by atomic mass is 9.98. The standard InChI is InChI=1S/C33H35N3O2/c1-23-15-17-36(18-16-23)30-13-7-27(8-14-30)32(37)19-25-3-9-28(10-4-25)35-29-11-5-26(6-12-29)20-33(38)31-22-34-21-24(31)2/h3-14,21-23,34-35H,15-20H2,1-2H3. The topological polar surface area (TPSA) is 65.2 Å². The summed E-state index contributed by atoms with van der Waals surface area (Å²) in [5.74, 6) is 1.04. The van der Waals surface area contributed by atoms with E-state index in [0.717, 1.165) is 58.2 Å². The van der Waals surface area contributed by atoms with Gasteiger partial charge in [-0.2, -0.15) is 0 Å². The number of rotatable bonds is 9. The molecule has 5 nitrogen and oxygen atoms in total. The molecule has 4 aromatic rings. The summed E-state index contributed by atoms with van der Waals surface area (Å²) in [4.78, 5) is 30.8. The van der Waals surface area contributed by atoms with E-state index in [9.17, 15) is 9.59 Å². The van der Waals surface area contributed by atoms with Gasteiger partial charge in [0.25, 0.3) is 0 Å². The molecule has 5 heteroatoms. The quantitative estimate of drug-likeness (QED) is 0.237. The number of piperidine rings is 1. The molecule has 0 saturated carbocycles. The summed E-state index contributed by atoms with van der Waals surface area (Å²) in [6, 6.07) is 24.0. The van der Waals surface area contributed by atoms with E-state index in [1.165, 1.54) is 18.5 Å². The van der Waals surface area contributed by atoms with E-state index < -0.39 is 0 Å². The van der Waals surface area contributed by atoms with E-state index in [1.807, 2.05) is 73.8 Å². The Kier molecular flexibility index (Phi) is 7.73. The van der Waals surface area contributed by atoms with Crippen LogP contribution in [-0.2, 0) is 12.8 Å². The maximum absolute atomic E-state index is 12.9. The third-order valence-electron chi connectivity index (χ3n) is 7.52. The Balaban J connectivity index is 1.13. The van der Waals surface area contributed by atoms with Crippen LogP contribution in [0.5, 0.6) is 0 Å². The number of anilines is 3. The highest BCUT2D eigenvalue weighted by atomic mass is 16.1. The number of ketones is 2. The molecule has 1 aliphatic rings. The second kappa shape index (κ2) is 11.5. The summed E-state index contributed by atoms with van der Waals surface area (Å²) in [7, 11) is 0. The Morgan fingerprint density at radius 3 is 1.87 bits per heavy atom. The number of H-pyrrole nitrogens is 1. The van der Waals surface area contributed by atoms with Crippen molar-refractivity contribution in [2.45, 2.75) is 39.5 Å². The van der Waals surface area contributed by atoms with Gasteiger partial charge in [-0.3, -0.25) is 9.59 Å². The van der Waals surface area contributed by atoms with Crippen LogP contribution in [0.1, 0.15) is 57.2 Å². The van der Waals surface area contributed by atoms with Gasteiger partial charge < -0.3 is 15.2 Å². The lowest BCUT2D eigenvalue weighted by Crippen LogP contribution is -2.32. The molecule has 38 heavy (non-hydrogen) atoms. The number of aromatic amines is 1. The first kappa shape index (κ1) is 25.5. The van der Waals surface area contributed by atoms with Gasteiger partial charge in [0.05, 0.1) is 0 Å². The number of nitrogens with one attached hydrogen (secondary N) is 2. The molecule has 0 atom stereocenters. The molecule has 3 aromatic carbocycles. The minimum Gasteiger partial charge on any atom is -0.372 e. The summed E-state index contributed by atoms with van der Waals surface area (Å²) in [6.07, 6.45) is 6.82. The van der Waals surface area contributed by atoms with Crippen LogP contribution in [0.3, 0.4) is 0 Å². The molecular formula is C33H35N3O2. The summed E-state index contributed by atoms with van der Waals surface area (Å²) in [5.41, 5.74) is 7.55. The number of carbonyl (C=O) groups excluding carboxylic acids is 2. The lowest BCUT2D eigenvalue weighted by Gasteiger charge is -2.32. The average molecular weight is 506 g/mol. The van der Waals surface area contributed by atoms with Crippen molar-refractivity contribution in [2.24, 2.45) is 5.92 Å². The van der Waals surface area contributed by atoms with Crippen molar-refractivity contribution in [3.63, 3.8) is 0 Å². The summed E-state index contributed by atoms with van der Waals surface area (Å²) >= 11 is 0. The number of carbonyl (C=O) groups is 2. The normalized spacial score (nSPS) is 13.9. The molecular weight excluding hydrogens is 470 g/mol. The fourth-order valence-corrected chi connectivity index (χ4v) is 5.01. The van der Waals surface area contributed by atoms with Crippen LogP contribution in [0.2, 0.25) is 0 Å². The van der Waals surface area contributed by atoms with Crippen LogP contribution in [-0.4, -0.2) is 29.6 Å². The van der Waals surface area contributed by atoms with Crippen molar-refractivity contribution in [1.29, 1.82) is 0 Å². The van der Waals surface area contributed by atoms with Crippen molar-refractivity contribution >= 4 is 28.6 Å². The highest BCUT2D eigenvalue weighted by molar-refractivity contribution is 5.99. The molecule has 2 heterocycles. The summed E-state index contributed by atoms with van der Waals surface area (Å²) in [5, 5.41) is 3.39. The van der Waals surface area contributed by atoms with Gasteiger partial charge in [-0.15, -0.1) is 0 Å². The highest BCUT2D eigenvalue weighted by Gasteiger charge is 2.16. The van der Waals surface area contributed by atoms with Gasteiger partial charge in [0.2, 0.25) is 0 Å². The van der Waals surface area contributed by atoms with E-state index in [-0.39, 0.29) is 11.6 Å². The molecule has 1 aromatic heterocycles. The Bertz CT molecular complexity index is 1380. The van der Waals surface area contributed by atoms with Crippen LogP contribution < -0.4 is 10.2 Å². The average Bonchev–Trinajstić information content (AvgIpc) is 3.37. The van der Waals surface area contributed by atoms with Gasteiger partial charge in [-0.05, 0) is 90.9 Å². The number of hydrogen-bond acceptors (Lipinski definition) is 4. The van der Waals surface area contributed by atoms with Crippen LogP contribution in [0.15, 0.2) is 85.2 Å². The van der Waals surface area contributed by atoms with Crippen molar-refractivity contribution in [1.82, 2.24) is 4.98 Å². The summed E-state index contributed by atoms with van der Waals surface area (Å²) < 4.78 is 0. The van der Waals surface area contributed by atoms with Gasteiger partial charge in [-0.25, -0.2) is 0 Å². The first-order valence-corrected chi connectivity index (χ1v) is 13.4. The van der Waals surface area contributed by atoms with Crippen molar-refractivity contribution in [3.05, 3.63) is 113 Å². The third-order valence-corrected chi connectivity index (χ3v) is 7.52. The Morgan fingerprint density at radius 1 is 0.789 bits per heavy atom. The summed E-state index contributed by atoms with van der Waals surface area (Å²) in [6.45, 7) is 6.43. The molecule has 5 rings (SSSR count). The van der Waals surface area contributed by atoms with Crippen molar-refractivity contribution < 1.29 is 9.59 Å². The zero-order valence-electron chi connectivity index (χ0n) is 22.2. The Hall–Kier alpha value is -4.12. The van der Waals surface area contributed by atoms with E-state index in [2.05, 4.69) is 34.3 Å². The Labute approximate surface area is 224 Å². The third kappa shape index (κ3) is 6.23. The molecule has 0 radical (unpaired) electrons. The van der Waals surface area contributed by atoms with E-state index in [1.54, 1.807) is 6.20 Å². The number of benzene rings is 3. The van der Waals surface area contributed by atoms with E-state index in [4.69, 9.17) is 0 Å². The maximum Gasteiger partial charge on any atom is 0.169 e. The highest BCUT2D eigenvalue weighted by Crippen LogP contribution is 2.24. The van der Waals surface area contributed by atoms with Gasteiger partial charge in [0.15, 0.2) is 11.6 Å². The van der Waals surface area contributed by atoms with Gasteiger partial charge in [0.1, 0.15) is 0 Å². The molecule has 0 amide bonds. The van der Waals surface area contributed by atoms with Crippen LogP contribution in [0.25, 0.3) is 0 Å². The smallest absolute Gasteiger partial charge is 0.169 e. The Morgan fingerprint density at radius 2 is 1.34 bits per heavy atom. The number of hydrogen-bond donors (Lipinski definition) is 2. The molecule has 0 spiro atoms. The van der Waals surface area contributed by atoms with Gasteiger partial charge >= 0.3 is 0 Å². The largest absolute Gasteiger partial charge is 0.372 e. The minimum atomic E-state index is 0.113. The molecule has 194 valence electrons. The van der Waals surface area contributed by atoms with Crippen LogP contribution in [0, 0.1) is 12.8 Å². The number of aryl methyl sites for hydroxylation is 1. The number of nitrogens with zero attached hydrogens (tertiary/aromatic N) is 1. The predicted molar refractivity (Wildman–Crippen MR) is 155 cm³/mol. The molecule has 1 fully saturated rings. The monoisotopic (exact) mass is 505 g/mol. The van der Waals surface area contributed by atoms with Crippen molar-refractivity contribution in [2.75, 3.05) is 23.3 Å². The molecule has 1 saturated heterocycles. The number of aromatic nitrogens is 1. The maximum atomic E-state index is 12.9. The zero-order valence-corrected chi connectivity index (χ0v) is 22.2. The fraction of sp³-hybridized carbons (Fsp3) is 0.273. The van der Waals surface area contributed by atoms with Crippen molar-refractivity contribution in [3.8, 4) is 0 Å². The predicted octanol–water partition coefficient (Wildman–Crippen LogP) is 7.15. The molecule has 2 N–H and O–H groups in total. The lowest BCUT2D eigenvalue weighted by molar-refractivity contribution is 0.0984. The first-order chi connectivity index (χ1) is 18.4. The minimum absolute atomic E-state index is 0.113. The SMILES string of the molecule is Cc1c[nH]cc1C(=O)Cc1ccc(Nc2ccc(CC(=O)c3ccc(N4CCC(C)CC4)cc3)cc2)cc1. The van der Waals surface area contributed by atoms with Gasteiger partial charge in [-0.1, -0.05) is 31.2 Å². The molecule has 0 bridgehead atoms. The zero-order chi connectivity index (χ0) is 26.5. The van der Waals surface area contributed by atoms with E-state index in [0.29, 0.717) is 12.8 Å². The first-order valence-electron chi connectivity index (χ1n) is 13.4. The molecule has 0 unspecified atom stereocenters. The van der Waals surface area contributed by atoms with Crippen LogP contribution >= 0.6 is 0 Å². The second-order valence-electron chi connectivity index (χ2n) is 10.5. The molecule has 1 aliphatic heterocycles.